The molecule has 3 aromatic heterocycles. The monoisotopic (exact) mass is 475 g/mol. The van der Waals surface area contributed by atoms with Gasteiger partial charge in [0.05, 0.1) is 26.8 Å². The third kappa shape index (κ3) is 4.33. The molecule has 0 saturated heterocycles. The fraction of sp³-hybridized carbons (Fsp3) is 0.0833. The SMILES string of the molecule is Nc1c2c(-c3ccccc3)nc(NCCc3ccccn3)nc2nn1-c1ccc(Cl)c(Cl)c1. The standard InChI is InChI=1S/C24H19Cl2N7/c25-18-10-9-17(14-19(18)26)33-22(27)20-21(15-6-2-1-3-7-15)30-24(31-23(20)32-33)29-13-11-16-8-4-5-12-28-16/h1-10,12,14H,11,13,27H2,(H,29,31,32). The van der Waals surface area contributed by atoms with Gasteiger partial charge in [0.25, 0.3) is 0 Å². The van der Waals surface area contributed by atoms with Crippen molar-refractivity contribution in [2.24, 2.45) is 0 Å². The number of nitrogens with two attached hydrogens (primary N) is 1. The first kappa shape index (κ1) is 21.2. The molecule has 0 amide bonds. The number of aromatic nitrogens is 5. The summed E-state index contributed by atoms with van der Waals surface area (Å²) >= 11 is 12.3. The van der Waals surface area contributed by atoms with Crippen LogP contribution in [-0.2, 0) is 6.42 Å². The van der Waals surface area contributed by atoms with Gasteiger partial charge in [0, 0.05) is 30.4 Å². The highest BCUT2D eigenvalue weighted by molar-refractivity contribution is 6.42. The van der Waals surface area contributed by atoms with E-state index >= 15 is 0 Å². The van der Waals surface area contributed by atoms with Crippen LogP contribution in [0.2, 0.25) is 10.0 Å². The Bertz CT molecular complexity index is 1420. The Balaban J connectivity index is 1.57. The number of halogens is 2. The summed E-state index contributed by atoms with van der Waals surface area (Å²) in [6.45, 7) is 0.625. The maximum Gasteiger partial charge on any atom is 0.225 e. The molecule has 0 saturated carbocycles. The second kappa shape index (κ2) is 9.05. The zero-order chi connectivity index (χ0) is 22.8. The van der Waals surface area contributed by atoms with Crippen molar-refractivity contribution >= 4 is 46.0 Å². The number of rotatable bonds is 6. The minimum absolute atomic E-state index is 0.416. The molecule has 3 heterocycles. The van der Waals surface area contributed by atoms with Gasteiger partial charge >= 0.3 is 0 Å². The number of hydrogen-bond donors (Lipinski definition) is 2. The van der Waals surface area contributed by atoms with Crippen LogP contribution < -0.4 is 11.1 Å². The Morgan fingerprint density at radius 1 is 0.909 bits per heavy atom. The lowest BCUT2D eigenvalue weighted by atomic mass is 10.1. The van der Waals surface area contributed by atoms with E-state index in [9.17, 15) is 0 Å². The van der Waals surface area contributed by atoms with Gasteiger partial charge in [-0.2, -0.15) is 4.98 Å². The summed E-state index contributed by atoms with van der Waals surface area (Å²) in [4.78, 5) is 13.8. The molecule has 0 bridgehead atoms. The number of hydrogen-bond acceptors (Lipinski definition) is 6. The average Bonchev–Trinajstić information content (AvgIpc) is 3.18. The van der Waals surface area contributed by atoms with E-state index in [1.165, 1.54) is 0 Å². The normalized spacial score (nSPS) is 11.1. The number of benzene rings is 2. The first-order chi connectivity index (χ1) is 16.1. The molecular formula is C24H19Cl2N7. The number of nitrogens with zero attached hydrogens (tertiary/aromatic N) is 5. The lowest BCUT2D eigenvalue weighted by molar-refractivity contribution is 0.897. The van der Waals surface area contributed by atoms with Crippen LogP contribution in [0.15, 0.2) is 72.9 Å². The Morgan fingerprint density at radius 3 is 2.48 bits per heavy atom. The van der Waals surface area contributed by atoms with Crippen LogP contribution >= 0.6 is 23.2 Å². The summed E-state index contributed by atoms with van der Waals surface area (Å²) in [7, 11) is 0. The molecule has 0 unspecified atom stereocenters. The molecule has 0 fully saturated rings. The highest BCUT2D eigenvalue weighted by atomic mass is 35.5. The fourth-order valence-corrected chi connectivity index (χ4v) is 3.85. The van der Waals surface area contributed by atoms with Gasteiger partial charge in [-0.25, -0.2) is 9.67 Å². The Kier molecular flexibility index (Phi) is 5.81. The van der Waals surface area contributed by atoms with Gasteiger partial charge in [-0.15, -0.1) is 5.10 Å². The zero-order valence-corrected chi connectivity index (χ0v) is 18.9. The first-order valence-corrected chi connectivity index (χ1v) is 11.1. The van der Waals surface area contributed by atoms with Gasteiger partial charge in [0.1, 0.15) is 5.82 Å². The number of pyridine rings is 1. The highest BCUT2D eigenvalue weighted by Crippen LogP contribution is 2.33. The predicted octanol–water partition coefficient (Wildman–Crippen LogP) is 5.42. The van der Waals surface area contributed by atoms with E-state index < -0.39 is 0 Å². The van der Waals surface area contributed by atoms with Gasteiger partial charge in [0.15, 0.2) is 5.65 Å². The molecule has 7 nitrogen and oxygen atoms in total. The second-order valence-corrected chi connectivity index (χ2v) is 8.17. The minimum Gasteiger partial charge on any atom is -0.383 e. The van der Waals surface area contributed by atoms with Gasteiger partial charge < -0.3 is 11.1 Å². The highest BCUT2D eigenvalue weighted by Gasteiger charge is 2.19. The van der Waals surface area contributed by atoms with Crippen LogP contribution in [0, 0.1) is 0 Å². The molecule has 0 radical (unpaired) electrons. The van der Waals surface area contributed by atoms with Crippen LogP contribution in [0.25, 0.3) is 28.0 Å². The molecule has 0 spiro atoms. The second-order valence-electron chi connectivity index (χ2n) is 7.35. The molecule has 33 heavy (non-hydrogen) atoms. The summed E-state index contributed by atoms with van der Waals surface area (Å²) in [5.74, 6) is 0.887. The van der Waals surface area contributed by atoms with Crippen molar-refractivity contribution in [2.75, 3.05) is 17.6 Å². The quantitative estimate of drug-likeness (QED) is 0.340. The van der Waals surface area contributed by atoms with Crippen LogP contribution in [-0.4, -0.2) is 31.3 Å². The Morgan fingerprint density at radius 2 is 1.73 bits per heavy atom. The summed E-state index contributed by atoms with van der Waals surface area (Å²) in [5, 5.41) is 9.49. The van der Waals surface area contributed by atoms with Crippen molar-refractivity contribution in [2.45, 2.75) is 6.42 Å². The van der Waals surface area contributed by atoms with Gasteiger partial charge in [0.2, 0.25) is 5.95 Å². The lowest BCUT2D eigenvalue weighted by Crippen LogP contribution is -2.09. The van der Waals surface area contributed by atoms with E-state index in [-0.39, 0.29) is 0 Å². The van der Waals surface area contributed by atoms with Gasteiger partial charge in [-0.05, 0) is 30.3 Å². The number of fused-ring (bicyclic) bond motifs is 1. The average molecular weight is 476 g/mol. The van der Waals surface area contributed by atoms with E-state index in [0.29, 0.717) is 50.8 Å². The number of anilines is 2. The molecule has 0 aliphatic heterocycles. The van der Waals surface area contributed by atoms with Crippen LogP contribution in [0.1, 0.15) is 5.69 Å². The first-order valence-electron chi connectivity index (χ1n) is 10.3. The van der Waals surface area contributed by atoms with E-state index in [1.54, 1.807) is 29.1 Å². The van der Waals surface area contributed by atoms with Gasteiger partial charge in [-0.3, -0.25) is 4.98 Å². The molecule has 0 aliphatic rings. The smallest absolute Gasteiger partial charge is 0.225 e. The summed E-state index contributed by atoms with van der Waals surface area (Å²) in [5.41, 5.74) is 10.3. The van der Waals surface area contributed by atoms with Crippen LogP contribution in [0.5, 0.6) is 0 Å². The molecular weight excluding hydrogens is 457 g/mol. The van der Waals surface area contributed by atoms with Crippen molar-refractivity contribution in [3.05, 3.63) is 88.7 Å². The molecule has 9 heteroatoms. The summed E-state index contributed by atoms with van der Waals surface area (Å²) < 4.78 is 1.60. The molecule has 0 aliphatic carbocycles. The number of nitrogens with one attached hydrogen (secondary N) is 1. The maximum absolute atomic E-state index is 6.54. The Labute approximate surface area is 200 Å². The molecule has 5 aromatic rings. The van der Waals surface area contributed by atoms with Gasteiger partial charge in [-0.1, -0.05) is 59.6 Å². The molecule has 2 aromatic carbocycles. The van der Waals surface area contributed by atoms with E-state index in [4.69, 9.17) is 33.9 Å². The third-order valence-corrected chi connectivity index (χ3v) is 5.89. The predicted molar refractivity (Wildman–Crippen MR) is 133 cm³/mol. The molecule has 5 rings (SSSR count). The summed E-state index contributed by atoms with van der Waals surface area (Å²) in [6.07, 6.45) is 2.52. The molecule has 3 N–H and O–H groups in total. The molecule has 0 atom stereocenters. The van der Waals surface area contributed by atoms with Crippen molar-refractivity contribution in [3.8, 4) is 16.9 Å². The molecule has 164 valence electrons. The van der Waals surface area contributed by atoms with Crippen molar-refractivity contribution < 1.29 is 0 Å². The van der Waals surface area contributed by atoms with E-state index in [0.717, 1.165) is 17.7 Å². The number of nitrogen functional groups attached to an aromatic ring is 1. The topological polar surface area (TPSA) is 94.5 Å². The lowest BCUT2D eigenvalue weighted by Gasteiger charge is -2.08. The minimum atomic E-state index is 0.416. The summed E-state index contributed by atoms with van der Waals surface area (Å²) in [6, 6.07) is 20.9. The van der Waals surface area contributed by atoms with E-state index in [1.807, 2.05) is 48.5 Å². The van der Waals surface area contributed by atoms with E-state index in [2.05, 4.69) is 20.4 Å². The largest absolute Gasteiger partial charge is 0.383 e. The Hall–Kier alpha value is -3.68. The van der Waals surface area contributed by atoms with Crippen molar-refractivity contribution in [1.29, 1.82) is 0 Å². The van der Waals surface area contributed by atoms with Crippen LogP contribution in [0.4, 0.5) is 11.8 Å². The maximum atomic E-state index is 6.54. The van der Waals surface area contributed by atoms with Crippen molar-refractivity contribution in [1.82, 2.24) is 24.7 Å². The van der Waals surface area contributed by atoms with Crippen LogP contribution in [0.3, 0.4) is 0 Å². The fourth-order valence-electron chi connectivity index (χ4n) is 3.56. The third-order valence-electron chi connectivity index (χ3n) is 5.15. The zero-order valence-electron chi connectivity index (χ0n) is 17.4. The van der Waals surface area contributed by atoms with Crippen molar-refractivity contribution in [3.63, 3.8) is 0 Å².